The van der Waals surface area contributed by atoms with Crippen LogP contribution in [0, 0.1) is 15.2 Å². The third-order valence-corrected chi connectivity index (χ3v) is 22.5. The number of rotatable bonds is 24. The molecular weight excluding hydrogens is 1320 g/mol. The Labute approximate surface area is 534 Å². The summed E-state index contributed by atoms with van der Waals surface area (Å²) >= 11 is 15.0. The van der Waals surface area contributed by atoms with Gasteiger partial charge in [0, 0.05) is 111 Å². The molecule has 0 atom stereocenters. The van der Waals surface area contributed by atoms with Gasteiger partial charge in [0.2, 0.25) is 0 Å². The van der Waals surface area contributed by atoms with Crippen LogP contribution in [0.1, 0.15) is 27.7 Å². The average Bonchev–Trinajstić information content (AvgIpc) is 1.68. The quantitative estimate of drug-likeness (QED) is 0.0186. The zero-order valence-electron chi connectivity index (χ0n) is 53.0. The number of hydrogen-bond donors (Lipinski definition) is 0. The second-order valence-corrected chi connectivity index (χ2v) is 52.0. The van der Waals surface area contributed by atoms with Crippen LogP contribution in [-0.4, -0.2) is 143 Å². The standard InChI is InChI=1S/C27H37ClFN5O2Si2.C18H32ClIN4O2Si2.C15H17BFNO2/c1-37(2,3)11-9-35-18-33(19-36-10-12-38(4,5)6)26-15-25(28)32-27-23(17-31-34(26)27)21-13-20-14-22(29)7-8-24(20)30-16-21;1-27(2,3)9-7-25-13-23(14-26-8-10-28(4,5)6)17-11-16(19)22-18-15(20)12-21-24(17)18;1-14(2)15(3,4)20-16(19-14)11-7-10-8-12(17)5-6-13(10)18-9-11/h7-8,13-17H,9-12,18-19H2,1-6H3;11-12H,7-10,13-14H2,1-6H3;5-9H,1-4H3. The van der Waals surface area contributed by atoms with E-state index < -0.39 is 50.6 Å². The fraction of sp³-hybridized carbons (Fsp3) is 0.500. The van der Waals surface area contributed by atoms with E-state index >= 15 is 0 Å². The van der Waals surface area contributed by atoms with Gasteiger partial charge in [0.05, 0.1) is 38.2 Å². The van der Waals surface area contributed by atoms with E-state index in [0.29, 0.717) is 61.5 Å². The van der Waals surface area contributed by atoms with Gasteiger partial charge in [-0.1, -0.05) is 108 Å². The maximum atomic E-state index is 13.8. The summed E-state index contributed by atoms with van der Waals surface area (Å²) in [7, 11) is -5.17. The molecule has 2 aromatic carbocycles. The molecule has 7 heterocycles. The van der Waals surface area contributed by atoms with Crippen LogP contribution in [0.25, 0.3) is 44.2 Å². The number of ether oxygens (including phenoxy) is 4. The highest BCUT2D eigenvalue weighted by Gasteiger charge is 2.52. The molecule has 1 aliphatic heterocycles. The highest BCUT2D eigenvalue weighted by molar-refractivity contribution is 14.1. The van der Waals surface area contributed by atoms with Crippen LogP contribution < -0.4 is 15.3 Å². The molecule has 16 nitrogen and oxygen atoms in total. The van der Waals surface area contributed by atoms with E-state index in [1.165, 1.54) is 24.3 Å². The van der Waals surface area contributed by atoms with Crippen LogP contribution in [0.2, 0.25) is 113 Å². The molecule has 0 spiro atoms. The largest absolute Gasteiger partial charge is 0.496 e. The van der Waals surface area contributed by atoms with Crippen molar-refractivity contribution in [2.75, 3.05) is 63.2 Å². The Bertz CT molecular complexity index is 3510. The molecule has 0 amide bonds. The molecule has 0 unspecified atom stereocenters. The molecule has 9 rings (SSSR count). The number of nitrogens with zero attached hydrogens (tertiary/aromatic N) is 10. The number of pyridine rings is 2. The number of fused-ring (bicyclic) bond motifs is 4. The van der Waals surface area contributed by atoms with Gasteiger partial charge < -0.3 is 38.1 Å². The van der Waals surface area contributed by atoms with Gasteiger partial charge in [-0.2, -0.15) is 19.2 Å². The predicted molar refractivity (Wildman–Crippen MR) is 368 cm³/mol. The van der Waals surface area contributed by atoms with E-state index in [9.17, 15) is 8.78 Å². The van der Waals surface area contributed by atoms with Crippen LogP contribution >= 0.6 is 45.8 Å². The maximum absolute atomic E-state index is 13.8. The molecule has 26 heteroatoms. The Morgan fingerprint density at radius 3 is 1.37 bits per heavy atom. The fourth-order valence-corrected chi connectivity index (χ4v) is 12.3. The second kappa shape index (κ2) is 29.3. The lowest BCUT2D eigenvalue weighted by Gasteiger charge is -2.32. The second-order valence-electron chi connectivity index (χ2n) is 27.6. The molecular formula is C60H86BCl2F2IN10O6Si4. The first-order valence-electron chi connectivity index (χ1n) is 29.2. The molecule has 0 radical (unpaired) electrons. The minimum absolute atomic E-state index is 0.273. The van der Waals surface area contributed by atoms with E-state index in [1.807, 2.05) is 55.7 Å². The van der Waals surface area contributed by atoms with Crippen molar-refractivity contribution in [2.24, 2.45) is 0 Å². The Hall–Kier alpha value is -4.04. The third kappa shape index (κ3) is 20.2. The van der Waals surface area contributed by atoms with E-state index in [4.69, 9.17) is 51.5 Å². The monoisotopic (exact) mass is 1400 g/mol. The van der Waals surface area contributed by atoms with Gasteiger partial charge in [0.15, 0.2) is 11.3 Å². The summed E-state index contributed by atoms with van der Waals surface area (Å²) in [6.07, 6.45) is 7.00. The van der Waals surface area contributed by atoms with Crippen LogP contribution in [0.15, 0.2) is 85.5 Å². The Kier molecular flexibility index (Phi) is 23.6. The molecule has 86 heavy (non-hydrogen) atoms. The summed E-state index contributed by atoms with van der Waals surface area (Å²) in [5.74, 6) is 0.981. The van der Waals surface area contributed by atoms with Crippen molar-refractivity contribution < 1.29 is 37.0 Å². The number of anilines is 2. The molecule has 1 aliphatic rings. The van der Waals surface area contributed by atoms with E-state index in [2.05, 4.69) is 131 Å². The first-order valence-corrected chi connectivity index (χ1v) is 45.8. The molecule has 466 valence electrons. The van der Waals surface area contributed by atoms with Crippen molar-refractivity contribution in [1.82, 2.24) is 39.2 Å². The summed E-state index contributed by atoms with van der Waals surface area (Å²) < 4.78 is 67.8. The SMILES string of the molecule is CC1(C)OB(c2cnc3ccc(F)cc3c2)OC1(C)C.C[Si](C)(C)CCOCN(COCC[Si](C)(C)C)c1cc(Cl)nc2c(-c3cnc4ccc(F)cc4c3)cnn12.C[Si](C)(C)CCOCN(COCC[Si](C)(C)C)c1cc(Cl)nc2c(I)cnn12. The molecule has 8 aromatic rings. The van der Waals surface area contributed by atoms with E-state index in [0.717, 1.165) is 91.3 Å². The van der Waals surface area contributed by atoms with E-state index in [-0.39, 0.29) is 11.6 Å². The molecule has 1 fully saturated rings. The van der Waals surface area contributed by atoms with Gasteiger partial charge in [-0.3, -0.25) is 9.97 Å². The van der Waals surface area contributed by atoms with Crippen molar-refractivity contribution in [3.05, 3.63) is 111 Å². The number of benzene rings is 2. The van der Waals surface area contributed by atoms with Crippen molar-refractivity contribution in [3.8, 4) is 11.1 Å². The van der Waals surface area contributed by atoms with Gasteiger partial charge in [0.25, 0.3) is 0 Å². The lowest BCUT2D eigenvalue weighted by Crippen LogP contribution is -2.41. The van der Waals surface area contributed by atoms with Crippen LogP contribution in [-0.2, 0) is 28.3 Å². The maximum Gasteiger partial charge on any atom is 0.496 e. The summed E-state index contributed by atoms with van der Waals surface area (Å²) in [5, 5.41) is 11.3. The molecule has 1 saturated heterocycles. The fourth-order valence-electron chi connectivity index (χ4n) is 8.49. The van der Waals surface area contributed by atoms with Gasteiger partial charge >= 0.3 is 7.12 Å². The summed E-state index contributed by atoms with van der Waals surface area (Å²) in [6.45, 7) is 40.6. The number of aromatic nitrogens is 8. The Balaban J connectivity index is 0.000000194. The van der Waals surface area contributed by atoms with Crippen molar-refractivity contribution >= 4 is 135 Å². The molecule has 0 saturated carbocycles. The predicted octanol–water partition coefficient (Wildman–Crippen LogP) is 15.3. The van der Waals surface area contributed by atoms with Crippen LogP contribution in [0.3, 0.4) is 0 Å². The molecule has 6 aromatic heterocycles. The number of halogens is 5. The van der Waals surface area contributed by atoms with E-state index in [1.54, 1.807) is 52.0 Å². The average molecular weight is 1400 g/mol. The van der Waals surface area contributed by atoms with Crippen LogP contribution in [0.5, 0.6) is 0 Å². The molecule has 0 N–H and O–H groups in total. The van der Waals surface area contributed by atoms with Gasteiger partial charge in [0.1, 0.15) is 60.5 Å². The lowest BCUT2D eigenvalue weighted by molar-refractivity contribution is 0.00578. The smallest absolute Gasteiger partial charge is 0.399 e. The normalized spacial score (nSPS) is 14.5. The van der Waals surface area contributed by atoms with Gasteiger partial charge in [-0.15, -0.1) is 0 Å². The Morgan fingerprint density at radius 2 is 0.930 bits per heavy atom. The summed E-state index contributed by atoms with van der Waals surface area (Å²) in [4.78, 5) is 21.8. The third-order valence-electron chi connectivity index (χ3n) is 14.6. The zero-order valence-corrected chi connectivity index (χ0v) is 60.6. The Morgan fingerprint density at radius 1 is 0.535 bits per heavy atom. The molecule has 0 bridgehead atoms. The first kappa shape index (κ1) is 69.4. The highest BCUT2D eigenvalue weighted by atomic mass is 127. The van der Waals surface area contributed by atoms with Crippen molar-refractivity contribution in [3.63, 3.8) is 0 Å². The van der Waals surface area contributed by atoms with Gasteiger partial charge in [-0.05, 0) is 117 Å². The topological polar surface area (TPSA) is 148 Å². The highest BCUT2D eigenvalue weighted by Crippen LogP contribution is 2.37. The summed E-state index contributed by atoms with van der Waals surface area (Å²) in [6, 6.07) is 20.9. The minimum atomic E-state index is -1.22. The lowest BCUT2D eigenvalue weighted by atomic mass is 9.80. The van der Waals surface area contributed by atoms with Crippen molar-refractivity contribution in [2.45, 2.75) is 142 Å². The summed E-state index contributed by atoms with van der Waals surface area (Å²) in [5.41, 5.74) is 4.36. The number of hydrogen-bond acceptors (Lipinski definition) is 14. The minimum Gasteiger partial charge on any atom is -0.399 e. The van der Waals surface area contributed by atoms with Crippen LogP contribution in [0.4, 0.5) is 20.4 Å². The zero-order chi connectivity index (χ0) is 63.0. The van der Waals surface area contributed by atoms with Crippen molar-refractivity contribution in [1.29, 1.82) is 0 Å². The van der Waals surface area contributed by atoms with Gasteiger partial charge in [-0.25, -0.2) is 18.7 Å². The molecule has 0 aliphatic carbocycles. The first-order chi connectivity index (χ1) is 40.1.